The molecule has 0 aliphatic heterocycles. The molecular weight excluding hydrogens is 268 g/mol. The standard InChI is InChI=1S/C16H26N2O3/c1-5-13(2)18(3)11-10-17-16(19)12-21-15-9-7-6-8-14(15)20-4/h6-9,13H,5,10-12H2,1-4H3,(H,17,19)/t13-/m1/s1. The number of methoxy groups -OCH3 is 1. The summed E-state index contributed by atoms with van der Waals surface area (Å²) in [5, 5.41) is 2.85. The molecule has 0 saturated carbocycles. The summed E-state index contributed by atoms with van der Waals surface area (Å²) in [5.41, 5.74) is 0. The summed E-state index contributed by atoms with van der Waals surface area (Å²) in [4.78, 5) is 14.0. The molecular formula is C16H26N2O3. The van der Waals surface area contributed by atoms with Crippen LogP contribution in [0.5, 0.6) is 11.5 Å². The minimum absolute atomic E-state index is 0.00653. The smallest absolute Gasteiger partial charge is 0.257 e. The number of nitrogens with zero attached hydrogens (tertiary/aromatic N) is 1. The molecule has 0 aromatic heterocycles. The molecule has 5 heteroatoms. The number of carbonyl (C=O) groups is 1. The molecule has 0 radical (unpaired) electrons. The molecule has 0 unspecified atom stereocenters. The van der Waals surface area contributed by atoms with Crippen molar-refractivity contribution in [3.05, 3.63) is 24.3 Å². The number of para-hydroxylation sites is 2. The Balaban J connectivity index is 2.28. The van der Waals surface area contributed by atoms with Gasteiger partial charge in [0.05, 0.1) is 7.11 Å². The first-order valence-corrected chi connectivity index (χ1v) is 7.31. The van der Waals surface area contributed by atoms with Crippen molar-refractivity contribution in [2.24, 2.45) is 0 Å². The van der Waals surface area contributed by atoms with E-state index in [2.05, 4.69) is 31.1 Å². The summed E-state index contributed by atoms with van der Waals surface area (Å²) in [7, 11) is 3.64. The first-order valence-electron chi connectivity index (χ1n) is 7.31. The van der Waals surface area contributed by atoms with Crippen LogP contribution in [0, 0.1) is 0 Å². The van der Waals surface area contributed by atoms with Gasteiger partial charge in [0.25, 0.3) is 5.91 Å². The first-order chi connectivity index (χ1) is 10.1. The van der Waals surface area contributed by atoms with Gasteiger partial charge in [0.15, 0.2) is 18.1 Å². The van der Waals surface area contributed by atoms with Gasteiger partial charge in [0, 0.05) is 19.1 Å². The number of hydrogen-bond acceptors (Lipinski definition) is 4. The highest BCUT2D eigenvalue weighted by Crippen LogP contribution is 2.25. The maximum atomic E-state index is 11.7. The molecule has 118 valence electrons. The van der Waals surface area contributed by atoms with E-state index in [0.29, 0.717) is 24.1 Å². The topological polar surface area (TPSA) is 50.8 Å². The van der Waals surface area contributed by atoms with Gasteiger partial charge in [0.2, 0.25) is 0 Å². The van der Waals surface area contributed by atoms with E-state index < -0.39 is 0 Å². The van der Waals surface area contributed by atoms with Gasteiger partial charge in [-0.1, -0.05) is 19.1 Å². The predicted octanol–water partition coefficient (Wildman–Crippen LogP) is 1.92. The van der Waals surface area contributed by atoms with Gasteiger partial charge in [-0.2, -0.15) is 0 Å². The molecule has 5 nitrogen and oxygen atoms in total. The number of ether oxygens (including phenoxy) is 2. The number of nitrogens with one attached hydrogen (secondary N) is 1. The fourth-order valence-electron chi connectivity index (χ4n) is 1.84. The number of carbonyl (C=O) groups excluding carboxylic acids is 1. The highest BCUT2D eigenvalue weighted by Gasteiger charge is 2.08. The largest absolute Gasteiger partial charge is 0.493 e. The lowest BCUT2D eigenvalue weighted by molar-refractivity contribution is -0.123. The molecule has 0 aliphatic carbocycles. The Morgan fingerprint density at radius 3 is 2.62 bits per heavy atom. The van der Waals surface area contributed by atoms with Gasteiger partial charge in [-0.25, -0.2) is 0 Å². The molecule has 0 spiro atoms. The van der Waals surface area contributed by atoms with Gasteiger partial charge >= 0.3 is 0 Å². The lowest BCUT2D eigenvalue weighted by Crippen LogP contribution is -2.38. The van der Waals surface area contributed by atoms with Gasteiger partial charge in [-0.15, -0.1) is 0 Å². The van der Waals surface area contributed by atoms with Crippen molar-refractivity contribution in [2.45, 2.75) is 26.3 Å². The van der Waals surface area contributed by atoms with Crippen LogP contribution in [0.3, 0.4) is 0 Å². The van der Waals surface area contributed by atoms with E-state index in [1.807, 2.05) is 12.1 Å². The molecule has 1 rings (SSSR count). The monoisotopic (exact) mass is 294 g/mol. The molecule has 0 bridgehead atoms. The van der Waals surface area contributed by atoms with Crippen molar-refractivity contribution >= 4 is 5.91 Å². The third-order valence-corrected chi connectivity index (χ3v) is 3.56. The Morgan fingerprint density at radius 2 is 2.00 bits per heavy atom. The van der Waals surface area contributed by atoms with Crippen molar-refractivity contribution in [2.75, 3.05) is 33.9 Å². The maximum Gasteiger partial charge on any atom is 0.257 e. The number of likely N-dealkylation sites (N-methyl/N-ethyl adjacent to an activating group) is 1. The van der Waals surface area contributed by atoms with Crippen LogP contribution in [-0.2, 0) is 4.79 Å². The Hall–Kier alpha value is -1.75. The zero-order valence-corrected chi connectivity index (χ0v) is 13.4. The van der Waals surface area contributed by atoms with Crippen LogP contribution in [0.4, 0.5) is 0 Å². The number of hydrogen-bond donors (Lipinski definition) is 1. The second-order valence-corrected chi connectivity index (χ2v) is 5.03. The first kappa shape index (κ1) is 17.3. The van der Waals surface area contributed by atoms with E-state index in [0.717, 1.165) is 13.0 Å². The zero-order valence-electron chi connectivity index (χ0n) is 13.4. The molecule has 0 aliphatic rings. The van der Waals surface area contributed by atoms with Gasteiger partial charge in [-0.05, 0) is 32.5 Å². The van der Waals surface area contributed by atoms with E-state index in [4.69, 9.17) is 9.47 Å². The van der Waals surface area contributed by atoms with E-state index in [9.17, 15) is 4.79 Å². The number of benzene rings is 1. The average Bonchev–Trinajstić information content (AvgIpc) is 2.52. The minimum atomic E-state index is -0.126. The normalized spacial score (nSPS) is 12.0. The Kier molecular flexibility index (Phi) is 7.61. The fourth-order valence-corrected chi connectivity index (χ4v) is 1.84. The van der Waals surface area contributed by atoms with Crippen LogP contribution in [0.25, 0.3) is 0 Å². The molecule has 1 N–H and O–H groups in total. The molecule has 1 aromatic rings. The Labute approximate surface area is 127 Å². The number of amides is 1. The molecule has 0 fully saturated rings. The van der Waals surface area contributed by atoms with Crippen molar-refractivity contribution in [1.29, 1.82) is 0 Å². The fraction of sp³-hybridized carbons (Fsp3) is 0.562. The molecule has 0 heterocycles. The van der Waals surface area contributed by atoms with Crippen LogP contribution < -0.4 is 14.8 Å². The van der Waals surface area contributed by atoms with Crippen molar-refractivity contribution in [3.63, 3.8) is 0 Å². The van der Waals surface area contributed by atoms with E-state index in [1.54, 1.807) is 19.2 Å². The van der Waals surface area contributed by atoms with E-state index in [-0.39, 0.29) is 12.5 Å². The lowest BCUT2D eigenvalue weighted by Gasteiger charge is -2.23. The summed E-state index contributed by atoms with van der Waals surface area (Å²) < 4.78 is 10.6. The third kappa shape index (κ3) is 6.04. The Bertz CT molecular complexity index is 437. The van der Waals surface area contributed by atoms with Crippen LogP contribution in [0.2, 0.25) is 0 Å². The second kappa shape index (κ2) is 9.23. The van der Waals surface area contributed by atoms with Crippen molar-refractivity contribution < 1.29 is 14.3 Å². The minimum Gasteiger partial charge on any atom is -0.493 e. The average molecular weight is 294 g/mol. The van der Waals surface area contributed by atoms with Gasteiger partial charge in [-0.3, -0.25) is 4.79 Å². The molecule has 0 saturated heterocycles. The number of rotatable bonds is 9. The molecule has 21 heavy (non-hydrogen) atoms. The van der Waals surface area contributed by atoms with Crippen molar-refractivity contribution in [1.82, 2.24) is 10.2 Å². The summed E-state index contributed by atoms with van der Waals surface area (Å²) in [5.74, 6) is 1.08. The van der Waals surface area contributed by atoms with Crippen molar-refractivity contribution in [3.8, 4) is 11.5 Å². The third-order valence-electron chi connectivity index (χ3n) is 3.56. The predicted molar refractivity (Wildman–Crippen MR) is 83.9 cm³/mol. The lowest BCUT2D eigenvalue weighted by atomic mass is 10.2. The highest BCUT2D eigenvalue weighted by molar-refractivity contribution is 5.77. The van der Waals surface area contributed by atoms with Gasteiger partial charge < -0.3 is 19.7 Å². The van der Waals surface area contributed by atoms with E-state index in [1.165, 1.54) is 0 Å². The molecule has 1 amide bonds. The van der Waals surface area contributed by atoms with Crippen LogP contribution >= 0.6 is 0 Å². The van der Waals surface area contributed by atoms with Gasteiger partial charge in [0.1, 0.15) is 0 Å². The second-order valence-electron chi connectivity index (χ2n) is 5.03. The molecule has 1 aromatic carbocycles. The maximum absolute atomic E-state index is 11.7. The Morgan fingerprint density at radius 1 is 1.33 bits per heavy atom. The zero-order chi connectivity index (χ0) is 15.7. The summed E-state index contributed by atoms with van der Waals surface area (Å²) in [6.07, 6.45) is 1.10. The van der Waals surface area contributed by atoms with E-state index >= 15 is 0 Å². The summed E-state index contributed by atoms with van der Waals surface area (Å²) in [6.45, 7) is 5.77. The van der Waals surface area contributed by atoms with Crippen LogP contribution in [0.1, 0.15) is 20.3 Å². The summed E-state index contributed by atoms with van der Waals surface area (Å²) in [6, 6.07) is 7.80. The molecule has 1 atom stereocenters. The SMILES string of the molecule is CC[C@@H](C)N(C)CCNC(=O)COc1ccccc1OC. The summed E-state index contributed by atoms with van der Waals surface area (Å²) >= 11 is 0. The quantitative estimate of drug-likeness (QED) is 0.756. The van der Waals surface area contributed by atoms with Crippen LogP contribution in [0.15, 0.2) is 24.3 Å². The van der Waals surface area contributed by atoms with Crippen LogP contribution in [-0.4, -0.2) is 50.7 Å². The highest BCUT2D eigenvalue weighted by atomic mass is 16.5.